The van der Waals surface area contributed by atoms with Gasteiger partial charge < -0.3 is 20.3 Å². The predicted octanol–water partition coefficient (Wildman–Crippen LogP) is 2.18. The van der Waals surface area contributed by atoms with Crippen molar-refractivity contribution < 1.29 is 14.3 Å². The van der Waals surface area contributed by atoms with Crippen molar-refractivity contribution in [2.24, 2.45) is 17.3 Å². The van der Waals surface area contributed by atoms with E-state index in [1.807, 2.05) is 18.2 Å². The zero-order valence-electron chi connectivity index (χ0n) is 18.3. The Bertz CT molecular complexity index is 1110. The maximum atomic E-state index is 13.6. The number of hydrogen-bond acceptors (Lipinski definition) is 7. The van der Waals surface area contributed by atoms with Gasteiger partial charge in [0.1, 0.15) is 23.7 Å². The van der Waals surface area contributed by atoms with Gasteiger partial charge in [-0.15, -0.1) is 0 Å². The van der Waals surface area contributed by atoms with E-state index in [0.29, 0.717) is 30.4 Å². The van der Waals surface area contributed by atoms with Crippen LogP contribution in [0.4, 0.5) is 17.3 Å². The van der Waals surface area contributed by atoms with Gasteiger partial charge >= 0.3 is 0 Å². The van der Waals surface area contributed by atoms with Crippen molar-refractivity contribution in [1.29, 1.82) is 5.26 Å². The van der Waals surface area contributed by atoms with E-state index in [-0.39, 0.29) is 36.9 Å². The van der Waals surface area contributed by atoms with Crippen LogP contribution in [0.1, 0.15) is 25.0 Å². The molecule has 6 bridgehead atoms. The fourth-order valence-electron chi connectivity index (χ4n) is 4.85. The number of aryl methyl sites for hydroxylation is 1. The molecule has 2 amide bonds. The van der Waals surface area contributed by atoms with Crippen LogP contribution in [0.25, 0.3) is 0 Å². The maximum Gasteiger partial charge on any atom is 0.248 e. The summed E-state index contributed by atoms with van der Waals surface area (Å²) < 4.78 is 5.72. The van der Waals surface area contributed by atoms with Crippen LogP contribution in [0.2, 0.25) is 0 Å². The van der Waals surface area contributed by atoms with E-state index in [9.17, 15) is 14.9 Å². The number of aromatic nitrogens is 2. The van der Waals surface area contributed by atoms with Gasteiger partial charge in [0.15, 0.2) is 0 Å². The number of amides is 2. The summed E-state index contributed by atoms with van der Waals surface area (Å²) in [5.41, 5.74) is 0.463. The van der Waals surface area contributed by atoms with Crippen LogP contribution in [0.15, 0.2) is 36.5 Å². The second-order valence-corrected chi connectivity index (χ2v) is 8.87. The summed E-state index contributed by atoms with van der Waals surface area (Å²) in [6, 6.07) is 11.7. The monoisotopic (exact) mass is 446 g/mol. The topological polar surface area (TPSA) is 120 Å². The molecule has 5 rings (SSSR count). The molecule has 4 heterocycles. The minimum absolute atomic E-state index is 0.0305. The maximum absolute atomic E-state index is 13.6. The highest BCUT2D eigenvalue weighted by atomic mass is 16.5. The first kappa shape index (κ1) is 21.3. The van der Waals surface area contributed by atoms with Crippen LogP contribution in [-0.2, 0) is 20.7 Å². The van der Waals surface area contributed by atoms with Gasteiger partial charge in [0.2, 0.25) is 11.8 Å². The lowest BCUT2D eigenvalue weighted by atomic mass is 9.75. The van der Waals surface area contributed by atoms with Crippen LogP contribution in [0.3, 0.4) is 0 Å². The van der Waals surface area contributed by atoms with Crippen molar-refractivity contribution in [3.05, 3.63) is 42.2 Å². The highest BCUT2D eigenvalue weighted by Gasteiger charge is 2.62. The van der Waals surface area contributed by atoms with Crippen LogP contribution in [0.5, 0.6) is 0 Å². The molecule has 0 spiro atoms. The van der Waals surface area contributed by atoms with Crippen molar-refractivity contribution in [2.45, 2.75) is 25.7 Å². The van der Waals surface area contributed by atoms with Gasteiger partial charge in [0.05, 0.1) is 12.7 Å². The molecule has 2 aromatic heterocycles. The van der Waals surface area contributed by atoms with Gasteiger partial charge in [-0.1, -0.05) is 6.07 Å². The fraction of sp³-hybridized carbons (Fsp3) is 0.458. The molecule has 3 aliphatic rings. The Labute approximate surface area is 192 Å². The van der Waals surface area contributed by atoms with E-state index in [1.165, 1.54) is 0 Å². The first-order valence-electron chi connectivity index (χ1n) is 11.4. The number of nitriles is 1. The van der Waals surface area contributed by atoms with Gasteiger partial charge in [-0.3, -0.25) is 9.59 Å². The number of pyridine rings is 2. The largest absolute Gasteiger partial charge is 0.371 e. The molecule has 2 aromatic rings. The number of carbonyl (C=O) groups excluding carboxylic acids is 2. The first-order valence-corrected chi connectivity index (χ1v) is 11.4. The Morgan fingerprint density at radius 3 is 2.88 bits per heavy atom. The normalized spacial score (nSPS) is 25.9. The molecule has 1 aliphatic carbocycles. The lowest BCUT2D eigenvalue weighted by Crippen LogP contribution is -2.39. The Balaban J connectivity index is 1.48. The molecule has 1 saturated carbocycles. The molecule has 9 nitrogen and oxygen atoms in total. The van der Waals surface area contributed by atoms with Crippen molar-refractivity contribution >= 4 is 29.1 Å². The molecule has 2 fully saturated rings. The lowest BCUT2D eigenvalue weighted by Gasteiger charge is -2.25. The zero-order valence-corrected chi connectivity index (χ0v) is 18.3. The molecule has 1 saturated heterocycles. The molecule has 0 unspecified atom stereocenters. The van der Waals surface area contributed by atoms with Gasteiger partial charge in [0.25, 0.3) is 0 Å². The second-order valence-electron chi connectivity index (χ2n) is 8.87. The molecule has 2 aliphatic heterocycles. The number of anilines is 3. The Morgan fingerprint density at radius 1 is 1.18 bits per heavy atom. The molecule has 0 aromatic carbocycles. The summed E-state index contributed by atoms with van der Waals surface area (Å²) >= 11 is 0. The molecule has 33 heavy (non-hydrogen) atoms. The third kappa shape index (κ3) is 4.14. The van der Waals surface area contributed by atoms with Gasteiger partial charge in [-0.2, -0.15) is 5.26 Å². The minimum Gasteiger partial charge on any atom is -0.371 e. The van der Waals surface area contributed by atoms with Crippen molar-refractivity contribution in [1.82, 2.24) is 15.3 Å². The van der Waals surface area contributed by atoms with Gasteiger partial charge in [-0.05, 0) is 49.8 Å². The second kappa shape index (κ2) is 8.79. The van der Waals surface area contributed by atoms with Gasteiger partial charge in [0, 0.05) is 42.7 Å². The molecular formula is C24H26N6O3. The first-order chi connectivity index (χ1) is 16.1. The number of rotatable bonds is 1. The molecule has 9 heteroatoms. The predicted molar refractivity (Wildman–Crippen MR) is 121 cm³/mol. The summed E-state index contributed by atoms with van der Waals surface area (Å²) in [6.45, 7) is 0.977. The molecular weight excluding hydrogens is 420 g/mol. The Hall–Kier alpha value is -3.51. The van der Waals surface area contributed by atoms with Crippen molar-refractivity contribution in [3.8, 4) is 6.07 Å². The molecule has 2 N–H and O–H groups in total. The molecule has 170 valence electrons. The van der Waals surface area contributed by atoms with E-state index < -0.39 is 5.41 Å². The summed E-state index contributed by atoms with van der Waals surface area (Å²) in [6.07, 6.45) is 4.83. The van der Waals surface area contributed by atoms with Crippen LogP contribution < -0.4 is 15.5 Å². The summed E-state index contributed by atoms with van der Waals surface area (Å²) in [5.74, 6) is 0.562. The van der Waals surface area contributed by atoms with Crippen LogP contribution >= 0.6 is 0 Å². The number of fused-ring (bicyclic) bond motifs is 7. The summed E-state index contributed by atoms with van der Waals surface area (Å²) in [7, 11) is 0. The SMILES string of the molecule is N#C[C@]1(C2CC2)C(=O)N2C[C@H]1COCC(=O)NCCCc1cccc(n1)Nc1cc2ccn1. The van der Waals surface area contributed by atoms with Crippen molar-refractivity contribution in [2.75, 3.05) is 36.5 Å². The fourth-order valence-corrected chi connectivity index (χ4v) is 4.85. The van der Waals surface area contributed by atoms with Crippen molar-refractivity contribution in [3.63, 3.8) is 0 Å². The Kier molecular flexibility index (Phi) is 5.68. The van der Waals surface area contributed by atoms with Crippen LogP contribution in [-0.4, -0.2) is 48.1 Å². The van der Waals surface area contributed by atoms with E-state index in [0.717, 1.165) is 31.4 Å². The highest BCUT2D eigenvalue weighted by Crippen LogP contribution is 2.54. The number of nitrogens with one attached hydrogen (secondary N) is 2. The third-order valence-electron chi connectivity index (χ3n) is 6.65. The quantitative estimate of drug-likeness (QED) is 0.689. The summed E-state index contributed by atoms with van der Waals surface area (Å²) in [4.78, 5) is 36.5. The smallest absolute Gasteiger partial charge is 0.248 e. The average Bonchev–Trinajstić information content (AvgIpc) is 3.62. The number of ether oxygens (including phenoxy) is 1. The molecule has 0 radical (unpaired) electrons. The van der Waals surface area contributed by atoms with Crippen LogP contribution in [0, 0.1) is 28.6 Å². The Morgan fingerprint density at radius 2 is 2.06 bits per heavy atom. The average molecular weight is 447 g/mol. The van der Waals surface area contributed by atoms with E-state index in [1.54, 1.807) is 23.2 Å². The number of hydrogen-bond donors (Lipinski definition) is 2. The highest BCUT2D eigenvalue weighted by molar-refractivity contribution is 6.03. The number of carbonyl (C=O) groups is 2. The number of nitrogens with zero attached hydrogens (tertiary/aromatic N) is 4. The standard InChI is InChI=1S/C24H26N6O3/c25-15-24(16-6-7-16)17-12-30(23(24)32)19-8-10-26-21(11-19)29-20-5-1-3-18(28-20)4-2-9-27-22(31)14-33-13-17/h1,3,5,8,10-11,16-17H,2,4,6-7,9,12-14H2,(H,27,31)(H,26,28,29)/t17-,24+/m0/s1. The third-order valence-corrected chi connectivity index (χ3v) is 6.65. The van der Waals surface area contributed by atoms with E-state index in [4.69, 9.17) is 4.74 Å². The van der Waals surface area contributed by atoms with Gasteiger partial charge in [-0.25, -0.2) is 9.97 Å². The lowest BCUT2D eigenvalue weighted by molar-refractivity contribution is -0.128. The van der Waals surface area contributed by atoms with E-state index >= 15 is 0 Å². The van der Waals surface area contributed by atoms with E-state index in [2.05, 4.69) is 26.7 Å². The molecule has 2 atom stereocenters. The summed E-state index contributed by atoms with van der Waals surface area (Å²) in [5, 5.41) is 16.2. The zero-order chi connectivity index (χ0) is 22.8. The minimum atomic E-state index is -1.12.